The Bertz CT molecular complexity index is 666. The summed E-state index contributed by atoms with van der Waals surface area (Å²) < 4.78 is 5.49. The summed E-state index contributed by atoms with van der Waals surface area (Å²) in [7, 11) is 0. The van der Waals surface area contributed by atoms with E-state index in [0.29, 0.717) is 17.2 Å². The molecule has 1 aromatic heterocycles. The number of ether oxygens (including phenoxy) is 1. The molecule has 0 amide bonds. The second-order valence-electron chi connectivity index (χ2n) is 3.95. The van der Waals surface area contributed by atoms with E-state index < -0.39 is 0 Å². The lowest BCUT2D eigenvalue weighted by Gasteiger charge is -2.06. The highest BCUT2D eigenvalue weighted by molar-refractivity contribution is 7.12. The zero-order valence-electron chi connectivity index (χ0n) is 11.0. The van der Waals surface area contributed by atoms with Crippen LogP contribution in [0.1, 0.15) is 22.2 Å². The number of ketones is 1. The third-order valence-electron chi connectivity index (χ3n) is 2.63. The maximum atomic E-state index is 12.2. The minimum Gasteiger partial charge on any atom is -0.493 e. The molecular weight excluding hydrogens is 270 g/mol. The quantitative estimate of drug-likeness (QED) is 0.474. The molecule has 20 heavy (non-hydrogen) atoms. The fourth-order valence-corrected chi connectivity index (χ4v) is 2.41. The van der Waals surface area contributed by atoms with Gasteiger partial charge in [0.1, 0.15) is 17.4 Å². The standard InChI is InChI=1S/C16H13NO2S/c1-2-19-14-7-4-3-6-12(14)10-13(11-17)16(18)15-8-5-9-20-15/h3-10H,2H2,1H3/b13-10+. The van der Waals surface area contributed by atoms with Crippen LogP contribution in [-0.2, 0) is 0 Å². The number of benzene rings is 1. The molecule has 0 radical (unpaired) electrons. The van der Waals surface area contributed by atoms with Crippen molar-refractivity contribution < 1.29 is 9.53 Å². The molecular formula is C16H13NO2S. The first-order valence-electron chi connectivity index (χ1n) is 6.18. The van der Waals surface area contributed by atoms with Gasteiger partial charge in [-0.3, -0.25) is 4.79 Å². The number of thiophene rings is 1. The lowest BCUT2D eigenvalue weighted by atomic mass is 10.1. The molecule has 0 bridgehead atoms. The first-order chi connectivity index (χ1) is 9.76. The fraction of sp³-hybridized carbons (Fsp3) is 0.125. The molecule has 0 aliphatic heterocycles. The number of Topliss-reactive ketones (excluding diaryl/α,β-unsaturated/α-hetero) is 1. The maximum absolute atomic E-state index is 12.2. The van der Waals surface area contributed by atoms with Gasteiger partial charge in [-0.1, -0.05) is 24.3 Å². The van der Waals surface area contributed by atoms with Crippen molar-refractivity contribution in [1.82, 2.24) is 0 Å². The van der Waals surface area contributed by atoms with E-state index in [1.165, 1.54) is 11.3 Å². The van der Waals surface area contributed by atoms with Crippen molar-refractivity contribution in [3.8, 4) is 11.8 Å². The Morgan fingerprint density at radius 1 is 1.35 bits per heavy atom. The first kappa shape index (κ1) is 14.0. The monoisotopic (exact) mass is 283 g/mol. The summed E-state index contributed by atoms with van der Waals surface area (Å²) >= 11 is 1.33. The van der Waals surface area contributed by atoms with Crippen molar-refractivity contribution in [3.05, 3.63) is 57.8 Å². The Morgan fingerprint density at radius 3 is 2.80 bits per heavy atom. The fourth-order valence-electron chi connectivity index (χ4n) is 1.73. The van der Waals surface area contributed by atoms with Gasteiger partial charge in [-0.15, -0.1) is 11.3 Å². The van der Waals surface area contributed by atoms with Gasteiger partial charge in [-0.05, 0) is 30.5 Å². The van der Waals surface area contributed by atoms with E-state index in [1.807, 2.05) is 42.6 Å². The SMILES string of the molecule is CCOc1ccccc1/C=C(\C#N)C(=O)c1cccs1. The van der Waals surface area contributed by atoms with Crippen LogP contribution in [0, 0.1) is 11.3 Å². The summed E-state index contributed by atoms with van der Waals surface area (Å²) in [6, 6.07) is 12.8. The van der Waals surface area contributed by atoms with Gasteiger partial charge in [-0.2, -0.15) is 5.26 Å². The number of nitriles is 1. The third kappa shape index (κ3) is 3.14. The summed E-state index contributed by atoms with van der Waals surface area (Å²) in [6.07, 6.45) is 1.58. The molecule has 2 aromatic rings. The topological polar surface area (TPSA) is 50.1 Å². The van der Waals surface area contributed by atoms with Crippen molar-refractivity contribution in [1.29, 1.82) is 5.26 Å². The summed E-state index contributed by atoms with van der Waals surface area (Å²) in [4.78, 5) is 12.8. The van der Waals surface area contributed by atoms with Gasteiger partial charge in [0.25, 0.3) is 0 Å². The number of nitrogens with zero attached hydrogens (tertiary/aromatic N) is 1. The molecule has 4 heteroatoms. The molecule has 1 aromatic carbocycles. The number of rotatable bonds is 5. The molecule has 0 N–H and O–H groups in total. The number of carbonyl (C=O) groups is 1. The van der Waals surface area contributed by atoms with Crippen LogP contribution in [0.2, 0.25) is 0 Å². The molecule has 0 saturated carbocycles. The normalized spacial score (nSPS) is 10.9. The molecule has 0 atom stereocenters. The van der Waals surface area contributed by atoms with Crippen molar-refractivity contribution in [2.75, 3.05) is 6.61 Å². The van der Waals surface area contributed by atoms with Gasteiger partial charge >= 0.3 is 0 Å². The van der Waals surface area contributed by atoms with Crippen LogP contribution in [-0.4, -0.2) is 12.4 Å². The Hall–Kier alpha value is -2.38. The zero-order chi connectivity index (χ0) is 14.4. The maximum Gasteiger partial charge on any atom is 0.213 e. The molecule has 100 valence electrons. The summed E-state index contributed by atoms with van der Waals surface area (Å²) in [6.45, 7) is 2.42. The number of hydrogen-bond acceptors (Lipinski definition) is 4. The molecule has 0 spiro atoms. The van der Waals surface area contributed by atoms with Crippen LogP contribution in [0.25, 0.3) is 6.08 Å². The molecule has 1 heterocycles. The second-order valence-corrected chi connectivity index (χ2v) is 4.89. The zero-order valence-corrected chi connectivity index (χ0v) is 11.8. The smallest absolute Gasteiger partial charge is 0.213 e. The van der Waals surface area contributed by atoms with Gasteiger partial charge in [0, 0.05) is 5.56 Å². The predicted molar refractivity (Wildman–Crippen MR) is 79.9 cm³/mol. The highest BCUT2D eigenvalue weighted by Gasteiger charge is 2.13. The van der Waals surface area contributed by atoms with E-state index in [4.69, 9.17) is 4.74 Å². The van der Waals surface area contributed by atoms with Gasteiger partial charge in [0.15, 0.2) is 0 Å². The van der Waals surface area contributed by atoms with E-state index in [9.17, 15) is 10.1 Å². The third-order valence-corrected chi connectivity index (χ3v) is 3.50. The van der Waals surface area contributed by atoms with Gasteiger partial charge in [0.05, 0.1) is 11.5 Å². The van der Waals surface area contributed by atoms with E-state index >= 15 is 0 Å². The molecule has 3 nitrogen and oxygen atoms in total. The Kier molecular flexibility index (Phi) is 4.70. The summed E-state index contributed by atoms with van der Waals surface area (Å²) in [5.41, 5.74) is 0.843. The molecule has 0 aliphatic carbocycles. The van der Waals surface area contributed by atoms with Crippen molar-refractivity contribution in [2.24, 2.45) is 0 Å². The number of allylic oxidation sites excluding steroid dienone is 1. The van der Waals surface area contributed by atoms with Crippen LogP contribution in [0.15, 0.2) is 47.4 Å². The lowest BCUT2D eigenvalue weighted by Crippen LogP contribution is -2.00. The van der Waals surface area contributed by atoms with Crippen molar-refractivity contribution in [3.63, 3.8) is 0 Å². The Labute approximate surface area is 121 Å². The molecule has 2 rings (SSSR count). The van der Waals surface area contributed by atoms with Crippen molar-refractivity contribution in [2.45, 2.75) is 6.92 Å². The summed E-state index contributed by atoms with van der Waals surface area (Å²) in [5.74, 6) is 0.413. The molecule has 0 unspecified atom stereocenters. The number of para-hydroxylation sites is 1. The lowest BCUT2D eigenvalue weighted by molar-refractivity contribution is 0.104. The van der Waals surface area contributed by atoms with Crippen molar-refractivity contribution >= 4 is 23.2 Å². The Morgan fingerprint density at radius 2 is 2.15 bits per heavy atom. The van der Waals surface area contributed by atoms with Crippen LogP contribution in [0.4, 0.5) is 0 Å². The minimum atomic E-state index is -0.256. The minimum absolute atomic E-state index is 0.111. The number of hydrogen-bond donors (Lipinski definition) is 0. The average molecular weight is 283 g/mol. The van der Waals surface area contributed by atoms with E-state index in [1.54, 1.807) is 18.2 Å². The van der Waals surface area contributed by atoms with E-state index in [2.05, 4.69) is 0 Å². The number of carbonyl (C=O) groups excluding carboxylic acids is 1. The summed E-state index contributed by atoms with van der Waals surface area (Å²) in [5, 5.41) is 11.0. The molecule has 0 fully saturated rings. The highest BCUT2D eigenvalue weighted by Crippen LogP contribution is 2.23. The average Bonchev–Trinajstić information content (AvgIpc) is 3.00. The van der Waals surface area contributed by atoms with Gasteiger partial charge in [0.2, 0.25) is 5.78 Å². The second kappa shape index (κ2) is 6.69. The van der Waals surface area contributed by atoms with Crippen LogP contribution < -0.4 is 4.74 Å². The predicted octanol–water partition coefficient (Wildman–Crippen LogP) is 3.94. The van der Waals surface area contributed by atoms with E-state index in [0.717, 1.165) is 5.56 Å². The molecule has 0 aliphatic rings. The first-order valence-corrected chi connectivity index (χ1v) is 7.06. The van der Waals surface area contributed by atoms with Crippen LogP contribution >= 0.6 is 11.3 Å². The van der Waals surface area contributed by atoms with Gasteiger partial charge < -0.3 is 4.74 Å². The molecule has 0 saturated heterocycles. The van der Waals surface area contributed by atoms with Gasteiger partial charge in [-0.25, -0.2) is 0 Å². The largest absolute Gasteiger partial charge is 0.493 e. The van der Waals surface area contributed by atoms with Crippen LogP contribution in [0.5, 0.6) is 5.75 Å². The Balaban J connectivity index is 2.37. The van der Waals surface area contributed by atoms with Crippen LogP contribution in [0.3, 0.4) is 0 Å². The van der Waals surface area contributed by atoms with E-state index in [-0.39, 0.29) is 11.4 Å². The highest BCUT2D eigenvalue weighted by atomic mass is 32.1.